The highest BCUT2D eigenvalue weighted by Gasteiger charge is 2.30. The molecule has 1 aromatic carbocycles. The first-order valence-corrected chi connectivity index (χ1v) is 8.21. The van der Waals surface area contributed by atoms with Crippen LogP contribution in [0.25, 0.3) is 0 Å². The largest absolute Gasteiger partial charge is 0.573 e. The molecule has 6 nitrogen and oxygen atoms in total. The lowest BCUT2D eigenvalue weighted by atomic mass is 10.2. The number of halogens is 3. The summed E-state index contributed by atoms with van der Waals surface area (Å²) in [6, 6.07) is 9.12. The number of nitrogens with two attached hydrogens (primary N) is 1. The summed E-state index contributed by atoms with van der Waals surface area (Å²) >= 11 is 0. The molecule has 0 aliphatic rings. The molecule has 2 rings (SSSR count). The highest BCUT2D eigenvalue weighted by molar-refractivity contribution is 5.77. The quantitative estimate of drug-likeness (QED) is 0.567. The molecule has 0 saturated carbocycles. The van der Waals surface area contributed by atoms with E-state index in [1.165, 1.54) is 24.3 Å². The number of aliphatic imine (C=N–C) groups is 1. The average molecular weight is 382 g/mol. The molecule has 0 spiro atoms. The Kier molecular flexibility index (Phi) is 6.86. The van der Waals surface area contributed by atoms with Gasteiger partial charge in [0.15, 0.2) is 5.96 Å². The van der Waals surface area contributed by atoms with Gasteiger partial charge < -0.3 is 20.5 Å². The van der Waals surface area contributed by atoms with Gasteiger partial charge in [0.1, 0.15) is 5.75 Å². The van der Waals surface area contributed by atoms with Gasteiger partial charge in [-0.05, 0) is 37.1 Å². The first-order valence-electron chi connectivity index (χ1n) is 8.21. The fraction of sp³-hybridized carbons (Fsp3) is 0.333. The average Bonchev–Trinajstić information content (AvgIpc) is 2.59. The third-order valence-corrected chi connectivity index (χ3v) is 3.22. The molecule has 0 amide bonds. The Labute approximate surface area is 155 Å². The van der Waals surface area contributed by atoms with Gasteiger partial charge in [0.2, 0.25) is 5.88 Å². The summed E-state index contributed by atoms with van der Waals surface area (Å²) < 4.78 is 45.6. The van der Waals surface area contributed by atoms with Gasteiger partial charge in [-0.3, -0.25) is 0 Å². The maximum absolute atomic E-state index is 12.1. The highest BCUT2D eigenvalue weighted by Crippen LogP contribution is 2.22. The molecule has 0 bridgehead atoms. The van der Waals surface area contributed by atoms with Crippen LogP contribution in [-0.4, -0.2) is 23.4 Å². The van der Waals surface area contributed by atoms with Crippen molar-refractivity contribution in [2.75, 3.05) is 0 Å². The van der Waals surface area contributed by atoms with E-state index in [2.05, 4.69) is 20.0 Å². The number of guanidine groups is 1. The van der Waals surface area contributed by atoms with Crippen molar-refractivity contribution >= 4 is 5.96 Å². The summed E-state index contributed by atoms with van der Waals surface area (Å²) in [4.78, 5) is 8.37. The van der Waals surface area contributed by atoms with Crippen molar-refractivity contribution in [3.63, 3.8) is 0 Å². The summed E-state index contributed by atoms with van der Waals surface area (Å²) in [7, 11) is 0. The van der Waals surface area contributed by atoms with Crippen molar-refractivity contribution in [2.24, 2.45) is 10.7 Å². The minimum Gasteiger partial charge on any atom is -0.475 e. The lowest BCUT2D eigenvalue weighted by Gasteiger charge is -2.10. The zero-order valence-corrected chi connectivity index (χ0v) is 15.0. The maximum Gasteiger partial charge on any atom is 0.573 e. The van der Waals surface area contributed by atoms with E-state index in [1.807, 2.05) is 19.9 Å². The number of aromatic nitrogens is 1. The van der Waals surface area contributed by atoms with Gasteiger partial charge in [-0.15, -0.1) is 13.2 Å². The van der Waals surface area contributed by atoms with Crippen LogP contribution < -0.4 is 20.5 Å². The second kappa shape index (κ2) is 9.11. The Morgan fingerprint density at radius 3 is 2.37 bits per heavy atom. The Bertz CT molecular complexity index is 745. The number of nitrogens with one attached hydrogen (secondary N) is 1. The fourth-order valence-corrected chi connectivity index (χ4v) is 2.05. The first kappa shape index (κ1) is 20.3. The summed E-state index contributed by atoms with van der Waals surface area (Å²) in [6.45, 7) is 4.50. The number of benzene rings is 1. The normalized spacial score (nSPS) is 12.1. The van der Waals surface area contributed by atoms with Crippen molar-refractivity contribution in [3.05, 3.63) is 53.7 Å². The standard InChI is InChI=1S/C18H21F3N4O2/c1-12(2)26-16-8-5-14(10-23-16)11-25-17(22)24-9-13-3-6-15(7-4-13)27-18(19,20)21/h3-8,10,12H,9,11H2,1-2H3,(H3,22,24,25). The van der Waals surface area contributed by atoms with Crippen LogP contribution in [0.3, 0.4) is 0 Å². The molecule has 0 atom stereocenters. The van der Waals surface area contributed by atoms with Crippen molar-refractivity contribution in [3.8, 4) is 11.6 Å². The molecule has 0 aliphatic heterocycles. The number of rotatable bonds is 7. The number of nitrogens with zero attached hydrogens (tertiary/aromatic N) is 2. The van der Waals surface area contributed by atoms with E-state index in [1.54, 1.807) is 12.3 Å². The van der Waals surface area contributed by atoms with E-state index >= 15 is 0 Å². The van der Waals surface area contributed by atoms with Gasteiger partial charge >= 0.3 is 6.36 Å². The second-order valence-corrected chi connectivity index (χ2v) is 5.92. The van der Waals surface area contributed by atoms with E-state index in [9.17, 15) is 13.2 Å². The Morgan fingerprint density at radius 2 is 1.81 bits per heavy atom. The SMILES string of the molecule is CC(C)Oc1ccc(CN=C(N)NCc2ccc(OC(F)(F)F)cc2)cn1. The topological polar surface area (TPSA) is 81.8 Å². The highest BCUT2D eigenvalue weighted by atomic mass is 19.4. The monoisotopic (exact) mass is 382 g/mol. The third kappa shape index (κ3) is 7.85. The summed E-state index contributed by atoms with van der Waals surface area (Å²) in [5.41, 5.74) is 7.40. The molecule has 0 aliphatic carbocycles. The molecule has 1 aromatic heterocycles. The Hall–Kier alpha value is -2.97. The molecule has 1 heterocycles. The van der Waals surface area contributed by atoms with Crippen LogP contribution in [0.1, 0.15) is 25.0 Å². The van der Waals surface area contributed by atoms with E-state index in [0.717, 1.165) is 11.1 Å². The van der Waals surface area contributed by atoms with Crippen molar-refractivity contribution in [1.29, 1.82) is 0 Å². The lowest BCUT2D eigenvalue weighted by molar-refractivity contribution is -0.274. The van der Waals surface area contributed by atoms with Gasteiger partial charge in [-0.2, -0.15) is 0 Å². The van der Waals surface area contributed by atoms with Crippen LogP contribution in [0.4, 0.5) is 13.2 Å². The van der Waals surface area contributed by atoms with Crippen molar-refractivity contribution in [2.45, 2.75) is 39.4 Å². The Balaban J connectivity index is 1.81. The minimum absolute atomic E-state index is 0.0512. The van der Waals surface area contributed by atoms with E-state index in [-0.39, 0.29) is 17.8 Å². The molecule has 0 unspecified atom stereocenters. The Morgan fingerprint density at radius 1 is 1.15 bits per heavy atom. The second-order valence-electron chi connectivity index (χ2n) is 5.92. The summed E-state index contributed by atoms with van der Waals surface area (Å²) in [5, 5.41) is 2.89. The fourth-order valence-electron chi connectivity index (χ4n) is 2.05. The predicted molar refractivity (Wildman–Crippen MR) is 95.3 cm³/mol. The molecule has 3 N–H and O–H groups in total. The van der Waals surface area contributed by atoms with Gasteiger partial charge in [0, 0.05) is 18.8 Å². The zero-order chi connectivity index (χ0) is 19.9. The summed E-state index contributed by atoms with van der Waals surface area (Å²) in [5.74, 6) is 0.486. The van der Waals surface area contributed by atoms with Crippen molar-refractivity contribution in [1.82, 2.24) is 10.3 Å². The zero-order valence-electron chi connectivity index (χ0n) is 15.0. The predicted octanol–water partition coefficient (Wildman–Crippen LogP) is 3.37. The van der Waals surface area contributed by atoms with Gasteiger partial charge in [-0.1, -0.05) is 18.2 Å². The van der Waals surface area contributed by atoms with Gasteiger partial charge in [0.25, 0.3) is 0 Å². The molecular weight excluding hydrogens is 361 g/mol. The molecule has 9 heteroatoms. The van der Waals surface area contributed by atoms with Crippen LogP contribution in [-0.2, 0) is 13.1 Å². The number of pyridine rings is 1. The first-order chi connectivity index (χ1) is 12.7. The minimum atomic E-state index is -4.70. The number of hydrogen-bond acceptors (Lipinski definition) is 4. The lowest BCUT2D eigenvalue weighted by Crippen LogP contribution is -2.31. The summed E-state index contributed by atoms with van der Waals surface area (Å²) in [6.07, 6.45) is -2.99. The van der Waals surface area contributed by atoms with E-state index < -0.39 is 6.36 Å². The van der Waals surface area contributed by atoms with E-state index in [0.29, 0.717) is 19.0 Å². The smallest absolute Gasteiger partial charge is 0.475 e. The van der Waals surface area contributed by atoms with Crippen LogP contribution >= 0.6 is 0 Å². The molecule has 0 saturated heterocycles. The molecule has 27 heavy (non-hydrogen) atoms. The van der Waals surface area contributed by atoms with Crippen LogP contribution in [0.2, 0.25) is 0 Å². The van der Waals surface area contributed by atoms with Crippen LogP contribution in [0.5, 0.6) is 11.6 Å². The van der Waals surface area contributed by atoms with Gasteiger partial charge in [0.05, 0.1) is 12.6 Å². The van der Waals surface area contributed by atoms with E-state index in [4.69, 9.17) is 10.5 Å². The molecule has 2 aromatic rings. The van der Waals surface area contributed by atoms with Crippen LogP contribution in [0.15, 0.2) is 47.6 Å². The number of ether oxygens (including phenoxy) is 2. The number of hydrogen-bond donors (Lipinski definition) is 2. The molecule has 0 fully saturated rings. The number of alkyl halides is 3. The maximum atomic E-state index is 12.1. The molecular formula is C18H21F3N4O2. The molecule has 146 valence electrons. The van der Waals surface area contributed by atoms with Gasteiger partial charge in [-0.25, -0.2) is 9.98 Å². The third-order valence-electron chi connectivity index (χ3n) is 3.22. The van der Waals surface area contributed by atoms with Crippen molar-refractivity contribution < 1.29 is 22.6 Å². The van der Waals surface area contributed by atoms with Crippen LogP contribution in [0, 0.1) is 0 Å². The molecule has 0 radical (unpaired) electrons.